The van der Waals surface area contributed by atoms with E-state index < -0.39 is 6.61 Å². The fourth-order valence-electron chi connectivity index (χ4n) is 1.27. The van der Waals surface area contributed by atoms with Gasteiger partial charge in [0, 0.05) is 4.47 Å². The Balaban J connectivity index is 2.72. The van der Waals surface area contributed by atoms with Crippen LogP contribution in [0.5, 0.6) is 11.5 Å². The third-order valence-corrected chi connectivity index (χ3v) is 2.63. The van der Waals surface area contributed by atoms with Gasteiger partial charge in [-0.2, -0.15) is 8.78 Å². The second kappa shape index (κ2) is 7.85. The van der Waals surface area contributed by atoms with E-state index >= 15 is 0 Å². The van der Waals surface area contributed by atoms with E-state index in [1.54, 1.807) is 24.3 Å². The van der Waals surface area contributed by atoms with Crippen molar-refractivity contribution in [2.24, 2.45) is 0 Å². The van der Waals surface area contributed by atoms with Crippen LogP contribution in [0, 0.1) is 0 Å². The van der Waals surface area contributed by atoms with E-state index in [4.69, 9.17) is 4.74 Å². The molecule has 0 radical (unpaired) electrons. The quantitative estimate of drug-likeness (QED) is 0.639. The van der Waals surface area contributed by atoms with Gasteiger partial charge in [0.25, 0.3) is 0 Å². The first-order chi connectivity index (χ1) is 9.38. The van der Waals surface area contributed by atoms with Gasteiger partial charge in [-0.3, -0.25) is 0 Å². The van der Waals surface area contributed by atoms with Gasteiger partial charge < -0.3 is 9.47 Å². The summed E-state index contributed by atoms with van der Waals surface area (Å²) in [5, 5.41) is 0. The predicted molar refractivity (Wildman–Crippen MR) is 79.4 cm³/mol. The van der Waals surface area contributed by atoms with Crippen molar-refractivity contribution in [3.05, 3.63) is 59.1 Å². The molecule has 0 atom stereocenters. The molecule has 0 aliphatic rings. The zero-order chi connectivity index (χ0) is 15.1. The van der Waals surface area contributed by atoms with Gasteiger partial charge in [0.15, 0.2) is 11.5 Å². The highest BCUT2D eigenvalue weighted by molar-refractivity contribution is 9.10. The Morgan fingerprint density at radius 2 is 2.00 bits per heavy atom. The first kappa shape index (κ1) is 16.4. The lowest BCUT2D eigenvalue weighted by atomic mass is 10.2. The van der Waals surface area contributed by atoms with Gasteiger partial charge in [-0.1, -0.05) is 46.8 Å². The number of hydrogen-bond donors (Lipinski definition) is 0. The average Bonchev–Trinajstić information content (AvgIpc) is 2.34. The molecular formula is C15H15BrF2O2. The summed E-state index contributed by atoms with van der Waals surface area (Å²) in [6.45, 7) is 6.65. The molecule has 0 saturated carbocycles. The van der Waals surface area contributed by atoms with Crippen molar-refractivity contribution in [3.8, 4) is 11.5 Å². The van der Waals surface area contributed by atoms with Crippen molar-refractivity contribution in [2.75, 3.05) is 6.61 Å². The minimum absolute atomic E-state index is 0.0222. The van der Waals surface area contributed by atoms with Crippen molar-refractivity contribution in [1.29, 1.82) is 0 Å². The number of allylic oxidation sites excluding steroid dienone is 2. The van der Waals surface area contributed by atoms with Gasteiger partial charge in [-0.25, -0.2) is 0 Å². The fraction of sp³-hybridized carbons (Fsp3) is 0.200. The normalized spacial score (nSPS) is 10.8. The molecule has 0 heterocycles. The van der Waals surface area contributed by atoms with E-state index in [-0.39, 0.29) is 18.1 Å². The molecule has 0 aliphatic carbocycles. The minimum Gasteiger partial charge on any atom is -0.485 e. The second-order valence-corrected chi connectivity index (χ2v) is 5.01. The molecule has 1 aromatic rings. The van der Waals surface area contributed by atoms with Crippen LogP contribution in [-0.4, -0.2) is 13.2 Å². The highest BCUT2D eigenvalue weighted by atomic mass is 79.9. The molecule has 0 bridgehead atoms. The summed E-state index contributed by atoms with van der Waals surface area (Å²) in [5.74, 6) is 0.212. The molecule has 20 heavy (non-hydrogen) atoms. The zero-order valence-electron chi connectivity index (χ0n) is 11.0. The van der Waals surface area contributed by atoms with Crippen LogP contribution in [0.2, 0.25) is 0 Å². The molecule has 1 aromatic carbocycles. The largest absolute Gasteiger partial charge is 0.485 e. The molecule has 0 amide bonds. The molecular weight excluding hydrogens is 330 g/mol. The highest BCUT2D eigenvalue weighted by Crippen LogP contribution is 2.32. The Labute approximate surface area is 125 Å². The monoisotopic (exact) mass is 344 g/mol. The molecule has 0 unspecified atom stereocenters. The SMILES string of the molecule is C=C(C)/C=C\C(=C)COc1ccc(Br)cc1OC(F)F. The Bertz CT molecular complexity index is 525. The maximum Gasteiger partial charge on any atom is 0.387 e. The summed E-state index contributed by atoms with van der Waals surface area (Å²) >= 11 is 3.19. The van der Waals surface area contributed by atoms with Crippen LogP contribution in [0.3, 0.4) is 0 Å². The van der Waals surface area contributed by atoms with Gasteiger partial charge in [-0.05, 0) is 30.7 Å². The average molecular weight is 345 g/mol. The third-order valence-electron chi connectivity index (χ3n) is 2.14. The molecule has 0 saturated heterocycles. The van der Waals surface area contributed by atoms with Gasteiger partial charge in [-0.15, -0.1) is 0 Å². The van der Waals surface area contributed by atoms with E-state index in [1.807, 2.05) is 6.92 Å². The highest BCUT2D eigenvalue weighted by Gasteiger charge is 2.11. The number of rotatable bonds is 7. The lowest BCUT2D eigenvalue weighted by Gasteiger charge is -2.12. The summed E-state index contributed by atoms with van der Waals surface area (Å²) < 4.78 is 35.1. The molecule has 0 N–H and O–H groups in total. The van der Waals surface area contributed by atoms with Crippen LogP contribution < -0.4 is 9.47 Å². The standard InChI is InChI=1S/C15H15BrF2O2/c1-10(2)4-5-11(3)9-19-13-7-6-12(16)8-14(13)20-15(17)18/h4-8,15H,1,3,9H2,2H3/b5-4-. The summed E-state index contributed by atoms with van der Waals surface area (Å²) in [7, 11) is 0. The number of alkyl halides is 2. The lowest BCUT2D eigenvalue weighted by molar-refractivity contribution is -0.0514. The van der Waals surface area contributed by atoms with Gasteiger partial charge >= 0.3 is 6.61 Å². The van der Waals surface area contributed by atoms with Crippen LogP contribution in [0.1, 0.15) is 6.92 Å². The van der Waals surface area contributed by atoms with E-state index in [0.29, 0.717) is 10.0 Å². The maximum absolute atomic E-state index is 12.3. The minimum atomic E-state index is -2.90. The summed E-state index contributed by atoms with van der Waals surface area (Å²) in [6.07, 6.45) is 3.55. The summed E-state index contributed by atoms with van der Waals surface area (Å²) in [5.41, 5.74) is 1.58. The van der Waals surface area contributed by atoms with Crippen LogP contribution in [-0.2, 0) is 0 Å². The first-order valence-electron chi connectivity index (χ1n) is 5.77. The van der Waals surface area contributed by atoms with Crippen LogP contribution in [0.4, 0.5) is 8.78 Å². The van der Waals surface area contributed by atoms with Gasteiger partial charge in [0.05, 0.1) is 0 Å². The Morgan fingerprint density at radius 3 is 2.60 bits per heavy atom. The maximum atomic E-state index is 12.3. The van der Waals surface area contributed by atoms with Crippen molar-refractivity contribution >= 4 is 15.9 Å². The van der Waals surface area contributed by atoms with E-state index in [0.717, 1.165) is 5.57 Å². The van der Waals surface area contributed by atoms with E-state index in [2.05, 4.69) is 33.8 Å². The topological polar surface area (TPSA) is 18.5 Å². The predicted octanol–water partition coefficient (Wildman–Crippen LogP) is 5.12. The Hall–Kier alpha value is -1.62. The summed E-state index contributed by atoms with van der Waals surface area (Å²) in [6, 6.07) is 4.66. The molecule has 0 aromatic heterocycles. The second-order valence-electron chi connectivity index (χ2n) is 4.10. The van der Waals surface area contributed by atoms with Crippen LogP contribution in [0.15, 0.2) is 59.1 Å². The lowest BCUT2D eigenvalue weighted by Crippen LogP contribution is -2.05. The van der Waals surface area contributed by atoms with Gasteiger partial charge in [0.2, 0.25) is 0 Å². The Kier molecular flexibility index (Phi) is 6.45. The molecule has 0 spiro atoms. The molecule has 0 aliphatic heterocycles. The Morgan fingerprint density at radius 1 is 1.30 bits per heavy atom. The fourth-order valence-corrected chi connectivity index (χ4v) is 1.61. The van der Waals surface area contributed by atoms with Crippen LogP contribution >= 0.6 is 15.9 Å². The smallest absolute Gasteiger partial charge is 0.387 e. The molecule has 1 rings (SSSR count). The van der Waals surface area contributed by atoms with Crippen LogP contribution in [0.25, 0.3) is 0 Å². The molecule has 108 valence electrons. The number of benzene rings is 1. The van der Waals surface area contributed by atoms with Crippen molar-refractivity contribution in [3.63, 3.8) is 0 Å². The summed E-state index contributed by atoms with van der Waals surface area (Å²) in [4.78, 5) is 0. The zero-order valence-corrected chi connectivity index (χ0v) is 12.6. The molecule has 2 nitrogen and oxygen atoms in total. The molecule has 5 heteroatoms. The number of halogens is 3. The number of hydrogen-bond acceptors (Lipinski definition) is 2. The third kappa shape index (κ3) is 6.02. The molecule has 0 fully saturated rings. The van der Waals surface area contributed by atoms with E-state index in [1.165, 1.54) is 6.07 Å². The van der Waals surface area contributed by atoms with Crippen molar-refractivity contribution in [1.82, 2.24) is 0 Å². The number of ether oxygens (including phenoxy) is 2. The van der Waals surface area contributed by atoms with Crippen molar-refractivity contribution in [2.45, 2.75) is 13.5 Å². The van der Waals surface area contributed by atoms with Gasteiger partial charge in [0.1, 0.15) is 6.61 Å². The van der Waals surface area contributed by atoms with Crippen molar-refractivity contribution < 1.29 is 18.3 Å². The first-order valence-corrected chi connectivity index (χ1v) is 6.56. The van der Waals surface area contributed by atoms with E-state index in [9.17, 15) is 8.78 Å².